The fraction of sp³-hybridized carbons (Fsp3) is 0.462. The number of ether oxygens (including phenoxy) is 1. The number of carbonyl (C=O) groups is 1. The first-order chi connectivity index (χ1) is 8.63. The molecule has 0 aliphatic heterocycles. The van der Waals surface area contributed by atoms with Crippen molar-refractivity contribution in [3.63, 3.8) is 0 Å². The number of anilines is 1. The van der Waals surface area contributed by atoms with Gasteiger partial charge in [0, 0.05) is 13.2 Å². The molecule has 0 fully saturated rings. The van der Waals surface area contributed by atoms with Gasteiger partial charge in [0.25, 0.3) is 0 Å². The fourth-order valence-electron chi connectivity index (χ4n) is 1.37. The van der Waals surface area contributed by atoms with Gasteiger partial charge in [-0.3, -0.25) is 0 Å². The van der Waals surface area contributed by atoms with Crippen LogP contribution in [0.3, 0.4) is 0 Å². The van der Waals surface area contributed by atoms with Gasteiger partial charge in [0.2, 0.25) is 0 Å². The van der Waals surface area contributed by atoms with Crippen molar-refractivity contribution in [2.45, 2.75) is 26.4 Å². The molecule has 0 aliphatic carbocycles. The Morgan fingerprint density at radius 2 is 2.11 bits per heavy atom. The van der Waals surface area contributed by atoms with Gasteiger partial charge in [-0.05, 0) is 32.4 Å². The van der Waals surface area contributed by atoms with Crippen LogP contribution in [0.2, 0.25) is 0 Å². The first kappa shape index (κ1) is 14.3. The number of aliphatic hydroxyl groups excluding tert-OH is 1. The second-order valence-electron chi connectivity index (χ2n) is 4.12. The van der Waals surface area contributed by atoms with Crippen LogP contribution in [0.1, 0.15) is 20.3 Å². The number of hydrogen-bond acceptors (Lipinski definition) is 3. The normalized spacial score (nSPS) is 10.2. The van der Waals surface area contributed by atoms with Gasteiger partial charge in [-0.1, -0.05) is 12.1 Å². The third-order valence-corrected chi connectivity index (χ3v) is 2.12. The van der Waals surface area contributed by atoms with Crippen LogP contribution in [0.5, 0.6) is 5.75 Å². The molecule has 0 aliphatic rings. The van der Waals surface area contributed by atoms with Crippen molar-refractivity contribution >= 4 is 11.7 Å². The average molecular weight is 252 g/mol. The van der Waals surface area contributed by atoms with Crippen LogP contribution in [-0.4, -0.2) is 30.4 Å². The molecule has 1 aromatic rings. The van der Waals surface area contributed by atoms with Crippen molar-refractivity contribution in [2.24, 2.45) is 0 Å². The summed E-state index contributed by atoms with van der Waals surface area (Å²) < 4.78 is 5.59. The topological polar surface area (TPSA) is 70.6 Å². The Morgan fingerprint density at radius 3 is 2.78 bits per heavy atom. The van der Waals surface area contributed by atoms with Gasteiger partial charge in [0.05, 0.1) is 11.8 Å². The van der Waals surface area contributed by atoms with Gasteiger partial charge in [-0.15, -0.1) is 0 Å². The molecule has 2 amide bonds. The minimum Gasteiger partial charge on any atom is -0.489 e. The van der Waals surface area contributed by atoms with Crippen molar-refractivity contribution in [2.75, 3.05) is 18.5 Å². The summed E-state index contributed by atoms with van der Waals surface area (Å²) in [5.41, 5.74) is 0.632. The van der Waals surface area contributed by atoms with E-state index in [1.165, 1.54) is 0 Å². The number of para-hydroxylation sites is 2. The van der Waals surface area contributed by atoms with Crippen LogP contribution in [0, 0.1) is 0 Å². The summed E-state index contributed by atoms with van der Waals surface area (Å²) >= 11 is 0. The van der Waals surface area contributed by atoms with Crippen molar-refractivity contribution < 1.29 is 14.6 Å². The number of urea groups is 1. The van der Waals surface area contributed by atoms with E-state index >= 15 is 0 Å². The highest BCUT2D eigenvalue weighted by Gasteiger charge is 2.07. The molecule has 0 atom stereocenters. The Morgan fingerprint density at radius 1 is 1.39 bits per heavy atom. The number of nitrogens with one attached hydrogen (secondary N) is 2. The maximum absolute atomic E-state index is 11.6. The Hall–Kier alpha value is -1.75. The molecule has 0 saturated heterocycles. The summed E-state index contributed by atoms with van der Waals surface area (Å²) in [6.45, 7) is 4.36. The van der Waals surface area contributed by atoms with Gasteiger partial charge in [0.15, 0.2) is 0 Å². The zero-order valence-corrected chi connectivity index (χ0v) is 10.8. The summed E-state index contributed by atoms with van der Waals surface area (Å²) in [6.07, 6.45) is 0.586. The molecule has 0 aromatic heterocycles. The molecule has 18 heavy (non-hydrogen) atoms. The van der Waals surface area contributed by atoms with E-state index in [1.807, 2.05) is 32.0 Å². The molecule has 1 rings (SSSR count). The SMILES string of the molecule is CC(C)Oc1ccccc1NC(=O)NCCCO. The molecule has 5 heteroatoms. The van der Waals surface area contributed by atoms with E-state index in [0.29, 0.717) is 24.4 Å². The highest BCUT2D eigenvalue weighted by atomic mass is 16.5. The molecular formula is C13H20N2O3. The monoisotopic (exact) mass is 252 g/mol. The molecule has 1 aromatic carbocycles. The number of rotatable bonds is 6. The predicted octanol–water partition coefficient (Wildman–Crippen LogP) is 1.98. The van der Waals surface area contributed by atoms with Crippen LogP contribution in [-0.2, 0) is 0 Å². The first-order valence-electron chi connectivity index (χ1n) is 6.05. The Kier molecular flexibility index (Phi) is 6.00. The average Bonchev–Trinajstić information content (AvgIpc) is 2.31. The van der Waals surface area contributed by atoms with Crippen LogP contribution in [0.15, 0.2) is 24.3 Å². The molecule has 3 N–H and O–H groups in total. The van der Waals surface area contributed by atoms with Crippen LogP contribution in [0.25, 0.3) is 0 Å². The Bertz CT molecular complexity index is 380. The van der Waals surface area contributed by atoms with Crippen LogP contribution in [0.4, 0.5) is 10.5 Å². The zero-order valence-electron chi connectivity index (χ0n) is 10.8. The van der Waals surface area contributed by atoms with E-state index in [0.717, 1.165) is 0 Å². The largest absolute Gasteiger partial charge is 0.489 e. The zero-order chi connectivity index (χ0) is 13.4. The summed E-state index contributed by atoms with van der Waals surface area (Å²) in [5.74, 6) is 0.643. The van der Waals surface area contributed by atoms with Crippen LogP contribution >= 0.6 is 0 Å². The number of amides is 2. The van der Waals surface area contributed by atoms with Crippen molar-refractivity contribution in [3.8, 4) is 5.75 Å². The van der Waals surface area contributed by atoms with E-state index < -0.39 is 0 Å². The predicted molar refractivity (Wildman–Crippen MR) is 70.9 cm³/mol. The molecule has 0 unspecified atom stereocenters. The van der Waals surface area contributed by atoms with Gasteiger partial charge < -0.3 is 20.5 Å². The third-order valence-electron chi connectivity index (χ3n) is 2.12. The second kappa shape index (κ2) is 7.55. The maximum Gasteiger partial charge on any atom is 0.319 e. The van der Waals surface area contributed by atoms with Gasteiger partial charge in [0.1, 0.15) is 5.75 Å². The highest BCUT2D eigenvalue weighted by Crippen LogP contribution is 2.24. The highest BCUT2D eigenvalue weighted by molar-refractivity contribution is 5.90. The molecule has 0 heterocycles. The first-order valence-corrected chi connectivity index (χ1v) is 6.05. The van der Waals surface area contributed by atoms with Gasteiger partial charge >= 0.3 is 6.03 Å². The summed E-state index contributed by atoms with van der Waals surface area (Å²) in [4.78, 5) is 11.6. The molecule has 0 spiro atoms. The number of hydrogen-bond donors (Lipinski definition) is 3. The summed E-state index contributed by atoms with van der Waals surface area (Å²) in [7, 11) is 0. The van der Waals surface area contributed by atoms with E-state index in [9.17, 15) is 4.79 Å². The van der Waals surface area contributed by atoms with Gasteiger partial charge in [-0.2, -0.15) is 0 Å². The lowest BCUT2D eigenvalue weighted by Crippen LogP contribution is -2.30. The molecule has 0 radical (unpaired) electrons. The Labute approximate surface area is 107 Å². The van der Waals surface area contributed by atoms with Gasteiger partial charge in [-0.25, -0.2) is 4.79 Å². The Balaban J connectivity index is 2.57. The van der Waals surface area contributed by atoms with Crippen molar-refractivity contribution in [1.82, 2.24) is 5.32 Å². The summed E-state index contributed by atoms with van der Waals surface area (Å²) in [5, 5.41) is 14.0. The smallest absolute Gasteiger partial charge is 0.319 e. The maximum atomic E-state index is 11.6. The van der Waals surface area contributed by atoms with E-state index in [2.05, 4.69) is 10.6 Å². The quantitative estimate of drug-likeness (QED) is 0.678. The minimum atomic E-state index is -0.303. The molecular weight excluding hydrogens is 232 g/mol. The van der Waals surface area contributed by atoms with E-state index in [1.54, 1.807) is 6.07 Å². The lowest BCUT2D eigenvalue weighted by atomic mass is 10.3. The molecule has 100 valence electrons. The number of carbonyl (C=O) groups excluding carboxylic acids is 1. The number of aliphatic hydroxyl groups is 1. The lowest BCUT2D eigenvalue weighted by Gasteiger charge is -2.15. The standard InChI is InChI=1S/C13H20N2O3/c1-10(2)18-12-7-4-3-6-11(12)15-13(17)14-8-5-9-16/h3-4,6-7,10,16H,5,8-9H2,1-2H3,(H2,14,15,17). The molecule has 0 saturated carbocycles. The third kappa shape index (κ3) is 5.05. The summed E-state index contributed by atoms with van der Waals surface area (Å²) in [6, 6.07) is 6.97. The van der Waals surface area contributed by atoms with E-state index in [-0.39, 0.29) is 18.7 Å². The molecule has 0 bridgehead atoms. The van der Waals surface area contributed by atoms with Crippen molar-refractivity contribution in [3.05, 3.63) is 24.3 Å². The van der Waals surface area contributed by atoms with Crippen LogP contribution < -0.4 is 15.4 Å². The second-order valence-corrected chi connectivity index (χ2v) is 4.12. The van der Waals surface area contributed by atoms with Crippen molar-refractivity contribution in [1.29, 1.82) is 0 Å². The molecule has 5 nitrogen and oxygen atoms in total. The number of benzene rings is 1. The lowest BCUT2D eigenvalue weighted by molar-refractivity contribution is 0.241. The fourth-order valence-corrected chi connectivity index (χ4v) is 1.37. The van der Waals surface area contributed by atoms with E-state index in [4.69, 9.17) is 9.84 Å². The minimum absolute atomic E-state index is 0.0467.